The Bertz CT molecular complexity index is 652. The Hall–Kier alpha value is -1.52. The van der Waals surface area contributed by atoms with Crippen LogP contribution in [0.5, 0.6) is 0 Å². The SMILES string of the molecule is CC(C(=O)N1C2CCNCC1CC2)c1cc2ccccc2o1.Cl. The summed E-state index contributed by atoms with van der Waals surface area (Å²) in [7, 11) is 0. The van der Waals surface area contributed by atoms with E-state index in [0.717, 1.165) is 49.1 Å². The van der Waals surface area contributed by atoms with Gasteiger partial charge >= 0.3 is 0 Å². The Morgan fingerprint density at radius 2 is 2.04 bits per heavy atom. The molecule has 23 heavy (non-hydrogen) atoms. The molecule has 2 saturated heterocycles. The molecule has 2 aliphatic rings. The topological polar surface area (TPSA) is 45.5 Å². The van der Waals surface area contributed by atoms with Crippen molar-refractivity contribution in [3.8, 4) is 0 Å². The zero-order valence-electron chi connectivity index (χ0n) is 13.3. The summed E-state index contributed by atoms with van der Waals surface area (Å²) in [5.74, 6) is 0.784. The predicted octanol–water partition coefficient (Wildman–Crippen LogP) is 3.31. The van der Waals surface area contributed by atoms with Gasteiger partial charge in [0.1, 0.15) is 11.3 Å². The number of rotatable bonds is 2. The van der Waals surface area contributed by atoms with Gasteiger partial charge in [0.05, 0.1) is 5.92 Å². The zero-order chi connectivity index (χ0) is 15.1. The molecule has 3 unspecified atom stereocenters. The monoisotopic (exact) mass is 334 g/mol. The average Bonchev–Trinajstić information content (AvgIpc) is 3.05. The lowest BCUT2D eigenvalue weighted by Crippen LogP contribution is -2.44. The maximum absolute atomic E-state index is 13.0. The predicted molar refractivity (Wildman–Crippen MR) is 93.0 cm³/mol. The van der Waals surface area contributed by atoms with Gasteiger partial charge in [0.2, 0.25) is 5.91 Å². The molecule has 2 aliphatic heterocycles. The summed E-state index contributed by atoms with van der Waals surface area (Å²) < 4.78 is 5.90. The summed E-state index contributed by atoms with van der Waals surface area (Å²) in [6.07, 6.45) is 3.33. The maximum atomic E-state index is 13.0. The lowest BCUT2D eigenvalue weighted by atomic mass is 10.1. The van der Waals surface area contributed by atoms with Crippen molar-refractivity contribution in [1.29, 1.82) is 0 Å². The Morgan fingerprint density at radius 3 is 2.87 bits per heavy atom. The molecule has 4 nitrogen and oxygen atoms in total. The molecule has 0 aliphatic carbocycles. The van der Waals surface area contributed by atoms with E-state index in [1.807, 2.05) is 37.3 Å². The summed E-state index contributed by atoms with van der Waals surface area (Å²) in [6.45, 7) is 3.91. The smallest absolute Gasteiger partial charge is 0.233 e. The number of carbonyl (C=O) groups is 1. The summed E-state index contributed by atoms with van der Waals surface area (Å²) in [4.78, 5) is 15.2. The molecule has 3 atom stereocenters. The normalized spacial score (nSPS) is 25.0. The van der Waals surface area contributed by atoms with Crippen LogP contribution in [-0.2, 0) is 4.79 Å². The second-order valence-corrected chi connectivity index (χ2v) is 6.53. The average molecular weight is 335 g/mol. The molecule has 1 aromatic carbocycles. The van der Waals surface area contributed by atoms with Crippen molar-refractivity contribution >= 4 is 29.3 Å². The number of halogens is 1. The zero-order valence-corrected chi connectivity index (χ0v) is 14.1. The summed E-state index contributed by atoms with van der Waals surface area (Å²) >= 11 is 0. The number of nitrogens with zero attached hydrogens (tertiary/aromatic N) is 1. The van der Waals surface area contributed by atoms with Crippen LogP contribution >= 0.6 is 12.4 Å². The van der Waals surface area contributed by atoms with Gasteiger partial charge in [-0.15, -0.1) is 12.4 Å². The molecule has 2 bridgehead atoms. The third kappa shape index (κ3) is 2.86. The van der Waals surface area contributed by atoms with Crippen molar-refractivity contribution in [1.82, 2.24) is 10.2 Å². The number of amides is 1. The largest absolute Gasteiger partial charge is 0.460 e. The molecular weight excluding hydrogens is 312 g/mol. The van der Waals surface area contributed by atoms with Crippen molar-refractivity contribution in [2.45, 2.75) is 44.2 Å². The van der Waals surface area contributed by atoms with Gasteiger partial charge < -0.3 is 14.6 Å². The minimum atomic E-state index is -0.214. The van der Waals surface area contributed by atoms with Gasteiger partial charge in [0, 0.05) is 24.0 Å². The number of hydrogen-bond acceptors (Lipinski definition) is 3. The Balaban J connectivity index is 0.00000156. The number of nitrogens with one attached hydrogen (secondary N) is 1. The number of carbonyl (C=O) groups excluding carboxylic acids is 1. The molecule has 5 heteroatoms. The van der Waals surface area contributed by atoms with E-state index >= 15 is 0 Å². The first kappa shape index (κ1) is 16.3. The van der Waals surface area contributed by atoms with Crippen LogP contribution in [-0.4, -0.2) is 36.0 Å². The van der Waals surface area contributed by atoms with Crippen LogP contribution < -0.4 is 5.32 Å². The van der Waals surface area contributed by atoms with Gasteiger partial charge in [0.25, 0.3) is 0 Å². The van der Waals surface area contributed by atoms with Crippen molar-refractivity contribution in [3.63, 3.8) is 0 Å². The van der Waals surface area contributed by atoms with E-state index in [1.165, 1.54) is 0 Å². The molecule has 1 aromatic heterocycles. The van der Waals surface area contributed by atoms with Crippen LogP contribution in [0, 0.1) is 0 Å². The molecule has 2 fully saturated rings. The molecule has 4 rings (SSSR count). The molecule has 0 radical (unpaired) electrons. The van der Waals surface area contributed by atoms with Gasteiger partial charge in [0.15, 0.2) is 0 Å². The van der Waals surface area contributed by atoms with Crippen LogP contribution in [0.3, 0.4) is 0 Å². The van der Waals surface area contributed by atoms with Crippen LogP contribution in [0.4, 0.5) is 0 Å². The summed E-state index contributed by atoms with van der Waals surface area (Å²) in [5.41, 5.74) is 0.859. The van der Waals surface area contributed by atoms with Gasteiger partial charge in [-0.25, -0.2) is 0 Å². The quantitative estimate of drug-likeness (QED) is 0.916. The maximum Gasteiger partial charge on any atom is 0.233 e. The van der Waals surface area contributed by atoms with E-state index in [0.29, 0.717) is 12.1 Å². The van der Waals surface area contributed by atoms with E-state index in [1.54, 1.807) is 0 Å². The first-order valence-corrected chi connectivity index (χ1v) is 8.25. The minimum Gasteiger partial charge on any atom is -0.460 e. The fraction of sp³-hybridized carbons (Fsp3) is 0.500. The number of furan rings is 1. The number of para-hydroxylation sites is 1. The molecule has 1 amide bonds. The highest BCUT2D eigenvalue weighted by molar-refractivity contribution is 5.86. The highest BCUT2D eigenvalue weighted by Crippen LogP contribution is 2.33. The Morgan fingerprint density at radius 1 is 1.26 bits per heavy atom. The van der Waals surface area contributed by atoms with Crippen LogP contribution in [0.1, 0.15) is 37.9 Å². The minimum absolute atomic E-state index is 0. The van der Waals surface area contributed by atoms with Crippen molar-refractivity contribution in [2.75, 3.05) is 13.1 Å². The lowest BCUT2D eigenvalue weighted by molar-refractivity contribution is -0.135. The fourth-order valence-corrected chi connectivity index (χ4v) is 3.90. The molecular formula is C18H23ClN2O2. The van der Waals surface area contributed by atoms with E-state index in [2.05, 4.69) is 10.2 Å². The van der Waals surface area contributed by atoms with Crippen LogP contribution in [0.15, 0.2) is 34.7 Å². The highest BCUT2D eigenvalue weighted by Gasteiger charge is 2.40. The van der Waals surface area contributed by atoms with Gasteiger partial charge in [-0.05, 0) is 44.9 Å². The second-order valence-electron chi connectivity index (χ2n) is 6.53. The first-order valence-electron chi connectivity index (χ1n) is 8.25. The van der Waals surface area contributed by atoms with Crippen LogP contribution in [0.25, 0.3) is 11.0 Å². The Labute approximate surface area is 142 Å². The van der Waals surface area contributed by atoms with Crippen molar-refractivity contribution in [2.24, 2.45) is 0 Å². The van der Waals surface area contributed by atoms with Crippen molar-refractivity contribution < 1.29 is 9.21 Å². The van der Waals surface area contributed by atoms with E-state index < -0.39 is 0 Å². The highest BCUT2D eigenvalue weighted by atomic mass is 35.5. The molecule has 3 heterocycles. The standard InChI is InChI=1S/C18H22N2O2.ClH/c1-12(17-10-13-4-2-3-5-16(13)22-17)18(21)20-14-6-7-15(20)11-19-9-8-14;/h2-5,10,12,14-15,19H,6-9,11H2,1H3;1H. The van der Waals surface area contributed by atoms with Gasteiger partial charge in [-0.3, -0.25) is 4.79 Å². The second kappa shape index (κ2) is 6.54. The third-order valence-corrected chi connectivity index (χ3v) is 5.15. The third-order valence-electron chi connectivity index (χ3n) is 5.15. The van der Waals surface area contributed by atoms with E-state index in [-0.39, 0.29) is 24.2 Å². The molecule has 124 valence electrons. The Kier molecular flexibility index (Phi) is 4.64. The van der Waals surface area contributed by atoms with Gasteiger partial charge in [-0.2, -0.15) is 0 Å². The first-order chi connectivity index (χ1) is 10.7. The number of fused-ring (bicyclic) bond motifs is 3. The molecule has 0 spiro atoms. The lowest BCUT2D eigenvalue weighted by Gasteiger charge is -2.30. The summed E-state index contributed by atoms with van der Waals surface area (Å²) in [5, 5.41) is 4.51. The van der Waals surface area contributed by atoms with Crippen LogP contribution in [0.2, 0.25) is 0 Å². The fourth-order valence-electron chi connectivity index (χ4n) is 3.90. The molecule has 2 aromatic rings. The van der Waals surface area contributed by atoms with Crippen molar-refractivity contribution in [3.05, 3.63) is 36.1 Å². The molecule has 0 saturated carbocycles. The molecule has 1 N–H and O–H groups in total. The summed E-state index contributed by atoms with van der Waals surface area (Å²) in [6, 6.07) is 10.7. The van der Waals surface area contributed by atoms with Gasteiger partial charge in [-0.1, -0.05) is 18.2 Å². The number of hydrogen-bond donors (Lipinski definition) is 1. The van der Waals surface area contributed by atoms with E-state index in [9.17, 15) is 4.79 Å². The van der Waals surface area contributed by atoms with E-state index in [4.69, 9.17) is 4.42 Å². The number of benzene rings is 1.